The van der Waals surface area contributed by atoms with Crippen LogP contribution in [0.4, 0.5) is 11.4 Å². The monoisotopic (exact) mass is 588 g/mol. The summed E-state index contributed by atoms with van der Waals surface area (Å²) in [6, 6.07) is 44.0. The Bertz CT molecular complexity index is 1860. The maximum atomic E-state index is 5.89. The number of halogens is 2. The Morgan fingerprint density at radius 3 is 1.86 bits per heavy atom. The van der Waals surface area contributed by atoms with Crippen molar-refractivity contribution in [3.05, 3.63) is 154 Å². The number of aryl methyl sites for hydroxylation is 3. The maximum absolute atomic E-state index is 5.89. The molecule has 0 fully saturated rings. The van der Waals surface area contributed by atoms with Gasteiger partial charge in [0.2, 0.25) is 0 Å². The molecule has 5 aromatic carbocycles. The smallest absolute Gasteiger partial charge is 0.110 e. The maximum Gasteiger partial charge on any atom is 0.110 e. The van der Waals surface area contributed by atoms with Crippen LogP contribution in [0.1, 0.15) is 29.2 Å². The van der Waals surface area contributed by atoms with Crippen molar-refractivity contribution in [3.63, 3.8) is 0 Å². The second kappa shape index (κ2) is 13.2. The van der Waals surface area contributed by atoms with Gasteiger partial charge in [-0.25, -0.2) is 0 Å². The van der Waals surface area contributed by atoms with E-state index in [0.717, 1.165) is 22.5 Å². The summed E-state index contributed by atoms with van der Waals surface area (Å²) in [6.07, 6.45) is 0. The lowest BCUT2D eigenvalue weighted by molar-refractivity contribution is 1.10. The number of nitrogens with zero attached hydrogens (tertiary/aromatic N) is 1. The Hall–Kier alpha value is -4.24. The van der Waals surface area contributed by atoms with Crippen molar-refractivity contribution in [2.45, 2.75) is 27.7 Å². The number of para-hydroxylation sites is 4. The molecule has 210 valence electrons. The third-order valence-corrected chi connectivity index (χ3v) is 8.13. The fourth-order valence-corrected chi connectivity index (χ4v) is 5.49. The van der Waals surface area contributed by atoms with Crippen LogP contribution in [0.3, 0.4) is 0 Å². The van der Waals surface area contributed by atoms with Crippen molar-refractivity contribution < 1.29 is 0 Å². The summed E-state index contributed by atoms with van der Waals surface area (Å²) in [5.41, 5.74) is 12.8. The molecule has 6 aromatic rings. The highest BCUT2D eigenvalue weighted by atomic mass is 35.5. The molecular formula is C38H34Cl2N2. The summed E-state index contributed by atoms with van der Waals surface area (Å²) in [6.45, 7) is 8.38. The average Bonchev–Trinajstić information content (AvgIpc) is 3.31. The van der Waals surface area contributed by atoms with Crippen molar-refractivity contribution in [1.82, 2.24) is 4.57 Å². The van der Waals surface area contributed by atoms with Crippen molar-refractivity contribution in [2.75, 3.05) is 5.32 Å². The van der Waals surface area contributed by atoms with E-state index in [1.54, 1.807) is 0 Å². The zero-order valence-electron chi connectivity index (χ0n) is 24.3. The first kappa shape index (κ1) is 29.3. The van der Waals surface area contributed by atoms with Gasteiger partial charge in [-0.3, -0.25) is 0 Å². The number of aromatic nitrogens is 1. The lowest BCUT2D eigenvalue weighted by Gasteiger charge is -2.14. The highest BCUT2D eigenvalue weighted by Crippen LogP contribution is 2.36. The summed E-state index contributed by atoms with van der Waals surface area (Å²) in [7, 11) is 0. The molecule has 0 amide bonds. The zero-order chi connectivity index (χ0) is 29.6. The molecule has 0 aliphatic heterocycles. The summed E-state index contributed by atoms with van der Waals surface area (Å²) >= 11 is 11.8. The van der Waals surface area contributed by atoms with Gasteiger partial charge >= 0.3 is 0 Å². The van der Waals surface area contributed by atoms with Gasteiger partial charge in [0.25, 0.3) is 0 Å². The van der Waals surface area contributed by atoms with Crippen LogP contribution < -0.4 is 5.32 Å². The molecule has 0 aliphatic rings. The molecule has 0 spiro atoms. The van der Waals surface area contributed by atoms with Crippen molar-refractivity contribution in [2.24, 2.45) is 0 Å². The van der Waals surface area contributed by atoms with Gasteiger partial charge in [-0.15, -0.1) is 0 Å². The molecule has 1 N–H and O–H groups in total. The summed E-state index contributed by atoms with van der Waals surface area (Å²) in [5.74, 6) is 0. The molecule has 2 nitrogen and oxygen atoms in total. The first-order valence-corrected chi connectivity index (χ1v) is 14.8. The molecule has 0 aliphatic carbocycles. The van der Waals surface area contributed by atoms with E-state index in [9.17, 15) is 0 Å². The van der Waals surface area contributed by atoms with E-state index in [2.05, 4.69) is 116 Å². The standard InChI is InChI=1S/C22H19N.C16H15Cl2N/c1-16-10-6-8-14-20(16)23-21-15-9-7-13-19(21)17(2)22(23)18-11-4-3-5-12-18;1-11-7-3-5-9-14(11)19-15-10-6-4-8-13(15)12(2)16(17)18/h3-15H,1-2H3;3-10,19H,1-2H3. The molecule has 42 heavy (non-hydrogen) atoms. The number of fused-ring (bicyclic) bond motifs is 1. The lowest BCUT2D eigenvalue weighted by atomic mass is 10.1. The number of nitrogens with one attached hydrogen (secondary N) is 1. The third-order valence-electron chi connectivity index (χ3n) is 7.56. The Labute approximate surface area is 258 Å². The number of allylic oxidation sites excluding steroid dienone is 1. The van der Waals surface area contributed by atoms with Crippen molar-refractivity contribution in [3.8, 4) is 16.9 Å². The van der Waals surface area contributed by atoms with Gasteiger partial charge in [-0.05, 0) is 79.8 Å². The van der Waals surface area contributed by atoms with Gasteiger partial charge in [0.15, 0.2) is 0 Å². The highest BCUT2D eigenvalue weighted by Gasteiger charge is 2.17. The molecule has 0 saturated carbocycles. The van der Waals surface area contributed by atoms with Crippen LogP contribution in [-0.4, -0.2) is 4.57 Å². The molecule has 6 rings (SSSR count). The van der Waals surface area contributed by atoms with Crippen LogP contribution in [0.25, 0.3) is 33.4 Å². The molecule has 1 aromatic heterocycles. The Morgan fingerprint density at radius 1 is 0.595 bits per heavy atom. The lowest BCUT2D eigenvalue weighted by Crippen LogP contribution is -1.99. The third kappa shape index (κ3) is 6.16. The average molecular weight is 590 g/mol. The topological polar surface area (TPSA) is 17.0 Å². The molecule has 0 bridgehead atoms. The van der Waals surface area contributed by atoms with E-state index in [0.29, 0.717) is 4.49 Å². The predicted molar refractivity (Wildman–Crippen MR) is 183 cm³/mol. The van der Waals surface area contributed by atoms with Crippen LogP contribution in [0.2, 0.25) is 0 Å². The van der Waals surface area contributed by atoms with Gasteiger partial charge in [-0.2, -0.15) is 0 Å². The minimum atomic E-state index is 0.291. The van der Waals surface area contributed by atoms with E-state index < -0.39 is 0 Å². The van der Waals surface area contributed by atoms with Gasteiger partial charge in [0, 0.05) is 28.0 Å². The van der Waals surface area contributed by atoms with Crippen LogP contribution >= 0.6 is 23.2 Å². The first-order chi connectivity index (χ1) is 20.4. The van der Waals surface area contributed by atoms with Crippen LogP contribution in [-0.2, 0) is 0 Å². The Balaban J connectivity index is 0.000000172. The largest absolute Gasteiger partial charge is 0.355 e. The van der Waals surface area contributed by atoms with E-state index >= 15 is 0 Å². The summed E-state index contributed by atoms with van der Waals surface area (Å²) in [4.78, 5) is 0. The number of benzene rings is 5. The zero-order valence-corrected chi connectivity index (χ0v) is 25.8. The first-order valence-electron chi connectivity index (χ1n) is 14.0. The Morgan fingerprint density at radius 2 is 1.17 bits per heavy atom. The molecule has 0 saturated heterocycles. The van der Waals surface area contributed by atoms with Gasteiger partial charge in [0.1, 0.15) is 4.49 Å². The normalized spacial score (nSPS) is 10.6. The number of rotatable bonds is 5. The minimum absolute atomic E-state index is 0.291. The van der Waals surface area contributed by atoms with E-state index in [-0.39, 0.29) is 0 Å². The van der Waals surface area contributed by atoms with Crippen LogP contribution in [0.15, 0.2) is 132 Å². The Kier molecular flexibility index (Phi) is 9.17. The van der Waals surface area contributed by atoms with Crippen LogP contribution in [0.5, 0.6) is 0 Å². The quantitative estimate of drug-likeness (QED) is 0.212. The second-order valence-corrected chi connectivity index (χ2v) is 11.3. The predicted octanol–water partition coefficient (Wildman–Crippen LogP) is 11.8. The van der Waals surface area contributed by atoms with E-state index in [4.69, 9.17) is 23.2 Å². The highest BCUT2D eigenvalue weighted by molar-refractivity contribution is 6.58. The van der Waals surface area contributed by atoms with Gasteiger partial charge in [-0.1, -0.05) is 126 Å². The molecule has 0 atom stereocenters. The molecular weight excluding hydrogens is 555 g/mol. The van der Waals surface area contributed by atoms with Gasteiger partial charge < -0.3 is 9.88 Å². The number of hydrogen-bond acceptors (Lipinski definition) is 1. The van der Waals surface area contributed by atoms with E-state index in [1.165, 1.54) is 44.5 Å². The van der Waals surface area contributed by atoms with E-state index in [1.807, 2.05) is 49.4 Å². The SMILES string of the molecule is CC(=C(Cl)Cl)c1ccccc1Nc1ccccc1C.Cc1ccccc1-n1c(-c2ccccc2)c(C)c2ccccc21. The number of anilines is 2. The van der Waals surface area contributed by atoms with Crippen molar-refractivity contribution >= 4 is 51.1 Å². The fraction of sp³-hybridized carbons (Fsp3) is 0.105. The molecule has 0 radical (unpaired) electrons. The summed E-state index contributed by atoms with van der Waals surface area (Å²) in [5, 5.41) is 4.74. The van der Waals surface area contributed by atoms with Crippen molar-refractivity contribution in [1.29, 1.82) is 0 Å². The van der Waals surface area contributed by atoms with Crippen LogP contribution in [0, 0.1) is 20.8 Å². The molecule has 0 unspecified atom stereocenters. The number of hydrogen-bond donors (Lipinski definition) is 1. The molecule has 1 heterocycles. The second-order valence-electron chi connectivity index (χ2n) is 10.3. The molecule has 4 heteroatoms. The van der Waals surface area contributed by atoms with Gasteiger partial charge in [0.05, 0.1) is 11.2 Å². The minimum Gasteiger partial charge on any atom is -0.355 e. The fourth-order valence-electron chi connectivity index (χ4n) is 5.29. The summed E-state index contributed by atoms with van der Waals surface area (Å²) < 4.78 is 2.69.